The summed E-state index contributed by atoms with van der Waals surface area (Å²) < 4.78 is 27.8. The van der Waals surface area contributed by atoms with Crippen molar-refractivity contribution >= 4 is 27.2 Å². The van der Waals surface area contributed by atoms with Crippen LogP contribution in [0.25, 0.3) is 0 Å². The van der Waals surface area contributed by atoms with Gasteiger partial charge in [0.15, 0.2) is 5.82 Å². The third-order valence-electron chi connectivity index (χ3n) is 2.36. The van der Waals surface area contributed by atoms with E-state index in [9.17, 15) is 8.42 Å². The Morgan fingerprint density at radius 3 is 2.89 bits per heavy atom. The van der Waals surface area contributed by atoms with Gasteiger partial charge in [0.05, 0.1) is 0 Å². The first kappa shape index (κ1) is 13.1. The molecule has 0 aliphatic rings. The number of hydrogen-bond acceptors (Lipinski definition) is 5. The lowest BCUT2D eigenvalue weighted by atomic mass is 10.3. The molecule has 0 fully saturated rings. The van der Waals surface area contributed by atoms with Crippen molar-refractivity contribution in [3.63, 3.8) is 0 Å². The summed E-state index contributed by atoms with van der Waals surface area (Å²) in [5.74, 6) is 0.0149. The number of hydrogen-bond donors (Lipinski definition) is 2. The molecule has 2 aromatic rings. The summed E-state index contributed by atoms with van der Waals surface area (Å²) in [6.45, 7) is 0.344. The Labute approximate surface area is 109 Å². The van der Waals surface area contributed by atoms with E-state index in [0.29, 0.717) is 13.0 Å². The summed E-state index contributed by atoms with van der Waals surface area (Å²) in [5, 5.41) is 5.77. The highest BCUT2D eigenvalue weighted by Crippen LogP contribution is 2.15. The average Bonchev–Trinajstić information content (AvgIpc) is 2.88. The van der Waals surface area contributed by atoms with Crippen LogP contribution in [0.15, 0.2) is 28.6 Å². The predicted molar refractivity (Wildman–Crippen MR) is 70.8 cm³/mol. The molecule has 6 nitrogen and oxygen atoms in total. The van der Waals surface area contributed by atoms with E-state index >= 15 is 0 Å². The van der Waals surface area contributed by atoms with Crippen LogP contribution in [0.4, 0.5) is 5.82 Å². The van der Waals surface area contributed by atoms with Crippen molar-refractivity contribution in [3.05, 3.63) is 28.6 Å². The topological polar surface area (TPSA) is 90.0 Å². The lowest BCUT2D eigenvalue weighted by molar-refractivity contribution is 0.582. The fourth-order valence-corrected chi connectivity index (χ4v) is 3.37. The number of thiophene rings is 1. The van der Waals surface area contributed by atoms with Gasteiger partial charge in [-0.15, -0.1) is 11.3 Å². The summed E-state index contributed by atoms with van der Waals surface area (Å²) in [5.41, 5.74) is 5.54. The number of anilines is 1. The lowest BCUT2D eigenvalue weighted by Gasteiger charge is -2.04. The number of aryl methyl sites for hydroxylation is 1. The van der Waals surface area contributed by atoms with Crippen LogP contribution in [-0.4, -0.2) is 24.7 Å². The van der Waals surface area contributed by atoms with Gasteiger partial charge in [-0.05, 0) is 17.9 Å². The summed E-state index contributed by atoms with van der Waals surface area (Å²) in [6, 6.07) is 3.91. The van der Waals surface area contributed by atoms with Crippen LogP contribution < -0.4 is 10.5 Å². The molecule has 98 valence electrons. The monoisotopic (exact) mass is 286 g/mol. The zero-order chi connectivity index (χ0) is 13.2. The summed E-state index contributed by atoms with van der Waals surface area (Å²) in [6.07, 6.45) is 2.06. The van der Waals surface area contributed by atoms with E-state index in [4.69, 9.17) is 5.73 Å². The van der Waals surface area contributed by atoms with Crippen LogP contribution in [0.2, 0.25) is 0 Å². The number of aromatic nitrogens is 2. The molecular weight excluding hydrogens is 272 g/mol. The normalized spacial score (nSPS) is 11.8. The Morgan fingerprint density at radius 2 is 2.33 bits per heavy atom. The molecule has 0 saturated heterocycles. The van der Waals surface area contributed by atoms with Crippen molar-refractivity contribution in [1.29, 1.82) is 0 Å². The van der Waals surface area contributed by atoms with Gasteiger partial charge in [0.1, 0.15) is 4.90 Å². The molecule has 0 unspecified atom stereocenters. The average molecular weight is 286 g/mol. The van der Waals surface area contributed by atoms with Gasteiger partial charge < -0.3 is 5.73 Å². The Balaban J connectivity index is 2.02. The van der Waals surface area contributed by atoms with Crippen LogP contribution in [0.5, 0.6) is 0 Å². The number of rotatable bonds is 5. The van der Waals surface area contributed by atoms with Crippen molar-refractivity contribution < 1.29 is 8.42 Å². The molecule has 2 aromatic heterocycles. The highest BCUT2D eigenvalue weighted by atomic mass is 32.2. The highest BCUT2D eigenvalue weighted by Gasteiger charge is 2.19. The molecule has 3 N–H and O–H groups in total. The van der Waals surface area contributed by atoms with Gasteiger partial charge in [-0.25, -0.2) is 13.1 Å². The molecule has 0 aliphatic carbocycles. The molecule has 2 rings (SSSR count). The number of nitrogens with one attached hydrogen (secondary N) is 1. The third-order valence-corrected chi connectivity index (χ3v) is 4.77. The predicted octanol–water partition coefficient (Wildman–Crippen LogP) is 0.585. The standard InChI is InChI=1S/C10H14N4O2S2/c1-14-7-9(10(11)13-14)18(15,16)12-5-4-8-3-2-6-17-8/h2-3,6-7,12H,4-5H2,1H3,(H2,11,13). The Morgan fingerprint density at radius 1 is 1.56 bits per heavy atom. The maximum absolute atomic E-state index is 12.0. The second kappa shape index (κ2) is 5.09. The van der Waals surface area contributed by atoms with E-state index in [1.165, 1.54) is 10.9 Å². The highest BCUT2D eigenvalue weighted by molar-refractivity contribution is 7.89. The molecule has 0 spiro atoms. The largest absolute Gasteiger partial charge is 0.381 e. The number of nitrogens with zero attached hydrogens (tertiary/aromatic N) is 2. The van der Waals surface area contributed by atoms with E-state index in [1.54, 1.807) is 18.4 Å². The second-order valence-corrected chi connectivity index (χ2v) is 6.55. The van der Waals surface area contributed by atoms with Crippen molar-refractivity contribution in [2.75, 3.05) is 12.3 Å². The minimum absolute atomic E-state index is 0.0149. The Bertz CT molecular complexity index is 616. The second-order valence-electron chi connectivity index (χ2n) is 3.78. The van der Waals surface area contributed by atoms with Crippen molar-refractivity contribution in [3.8, 4) is 0 Å². The number of sulfonamides is 1. The van der Waals surface area contributed by atoms with Crippen LogP contribution in [0, 0.1) is 0 Å². The number of nitrogen functional groups attached to an aromatic ring is 1. The van der Waals surface area contributed by atoms with E-state index in [1.807, 2.05) is 17.5 Å². The van der Waals surface area contributed by atoms with Gasteiger partial charge in [0, 0.05) is 24.7 Å². The SMILES string of the molecule is Cn1cc(S(=O)(=O)NCCc2cccs2)c(N)n1. The molecule has 2 heterocycles. The van der Waals surface area contributed by atoms with E-state index in [-0.39, 0.29) is 10.7 Å². The molecule has 8 heteroatoms. The van der Waals surface area contributed by atoms with Crippen LogP contribution in [0.1, 0.15) is 4.88 Å². The summed E-state index contributed by atoms with van der Waals surface area (Å²) >= 11 is 1.60. The van der Waals surface area contributed by atoms with Crippen molar-refractivity contribution in [2.24, 2.45) is 7.05 Å². The minimum atomic E-state index is -3.58. The Hall–Kier alpha value is -1.38. The smallest absolute Gasteiger partial charge is 0.245 e. The number of nitrogens with two attached hydrogens (primary N) is 1. The molecule has 0 atom stereocenters. The first-order valence-electron chi connectivity index (χ1n) is 5.30. The van der Waals surface area contributed by atoms with Gasteiger partial charge in [-0.3, -0.25) is 4.68 Å². The molecule has 0 bridgehead atoms. The third kappa shape index (κ3) is 2.89. The van der Waals surface area contributed by atoms with Gasteiger partial charge in [0.25, 0.3) is 0 Å². The van der Waals surface area contributed by atoms with Gasteiger partial charge >= 0.3 is 0 Å². The zero-order valence-electron chi connectivity index (χ0n) is 9.83. The van der Waals surface area contributed by atoms with Crippen molar-refractivity contribution in [1.82, 2.24) is 14.5 Å². The van der Waals surface area contributed by atoms with Gasteiger partial charge in [0.2, 0.25) is 10.0 Å². The first-order chi connectivity index (χ1) is 8.49. The molecular formula is C10H14N4O2S2. The van der Waals surface area contributed by atoms with Gasteiger partial charge in [-0.1, -0.05) is 6.07 Å². The molecule has 18 heavy (non-hydrogen) atoms. The van der Waals surface area contributed by atoms with E-state index in [0.717, 1.165) is 4.88 Å². The molecule has 0 aliphatic heterocycles. The summed E-state index contributed by atoms with van der Waals surface area (Å²) in [4.78, 5) is 1.16. The van der Waals surface area contributed by atoms with Crippen molar-refractivity contribution in [2.45, 2.75) is 11.3 Å². The van der Waals surface area contributed by atoms with Crippen LogP contribution in [0.3, 0.4) is 0 Å². The minimum Gasteiger partial charge on any atom is -0.381 e. The fourth-order valence-electron chi connectivity index (χ4n) is 1.53. The van der Waals surface area contributed by atoms with Crippen LogP contribution >= 0.6 is 11.3 Å². The van der Waals surface area contributed by atoms with E-state index < -0.39 is 10.0 Å². The Kier molecular flexibility index (Phi) is 3.69. The molecule has 0 amide bonds. The maximum atomic E-state index is 12.0. The molecule has 0 aromatic carbocycles. The quantitative estimate of drug-likeness (QED) is 0.841. The van der Waals surface area contributed by atoms with E-state index in [2.05, 4.69) is 9.82 Å². The first-order valence-corrected chi connectivity index (χ1v) is 7.66. The van der Waals surface area contributed by atoms with Crippen LogP contribution in [-0.2, 0) is 23.5 Å². The summed E-state index contributed by atoms with van der Waals surface area (Å²) in [7, 11) is -1.95. The molecule has 0 saturated carbocycles. The zero-order valence-corrected chi connectivity index (χ0v) is 11.5. The van der Waals surface area contributed by atoms with Gasteiger partial charge in [-0.2, -0.15) is 5.10 Å². The lowest BCUT2D eigenvalue weighted by Crippen LogP contribution is -2.26. The maximum Gasteiger partial charge on any atom is 0.245 e. The molecule has 0 radical (unpaired) electrons. The fraction of sp³-hybridized carbons (Fsp3) is 0.300.